The Kier molecular flexibility index (Phi) is 6.69. The SMILES string of the molecule is CN1C[C@@H]2CCCN3CCC[C@@H]([C@H]23)[C@H]1CCCC(=O)NCCc1ccccc1. The Morgan fingerprint density at radius 2 is 1.93 bits per heavy atom. The summed E-state index contributed by atoms with van der Waals surface area (Å²) in [6.07, 6.45) is 9.31. The van der Waals surface area contributed by atoms with Crippen LogP contribution in [-0.4, -0.2) is 61.0 Å². The minimum absolute atomic E-state index is 0.218. The molecular formula is C24H37N3O. The Morgan fingerprint density at radius 3 is 2.75 bits per heavy atom. The number of likely N-dealkylation sites (tertiary alicyclic amines) is 1. The Morgan fingerprint density at radius 1 is 1.14 bits per heavy atom. The molecular weight excluding hydrogens is 346 g/mol. The number of benzene rings is 1. The maximum absolute atomic E-state index is 12.3. The van der Waals surface area contributed by atoms with Crippen LogP contribution < -0.4 is 5.32 Å². The summed E-state index contributed by atoms with van der Waals surface area (Å²) in [5, 5.41) is 3.11. The lowest BCUT2D eigenvalue weighted by molar-refractivity contribution is -0.121. The highest BCUT2D eigenvalue weighted by Crippen LogP contribution is 2.42. The molecule has 154 valence electrons. The van der Waals surface area contributed by atoms with Gasteiger partial charge in [-0.1, -0.05) is 30.3 Å². The third kappa shape index (κ3) is 4.60. The van der Waals surface area contributed by atoms with Gasteiger partial charge in [0.2, 0.25) is 5.91 Å². The molecule has 28 heavy (non-hydrogen) atoms. The first-order chi connectivity index (χ1) is 13.7. The van der Waals surface area contributed by atoms with Crippen molar-refractivity contribution in [3.8, 4) is 0 Å². The standard InChI is InChI=1S/C24H37N3O/c1-26-18-20-10-6-16-27-17-7-11-21(24(20)27)22(26)12-5-13-23(28)25-15-14-19-8-3-2-4-9-19/h2-4,8-9,20-22,24H,5-7,10-18H2,1H3,(H,25,28)/t20-,21+,22+,24-/m0/s1. The number of carbonyl (C=O) groups excluding carboxylic acids is 1. The second-order valence-corrected chi connectivity index (χ2v) is 9.22. The number of piperidine rings is 3. The van der Waals surface area contributed by atoms with Crippen LogP contribution in [0.3, 0.4) is 0 Å². The second-order valence-electron chi connectivity index (χ2n) is 9.22. The van der Waals surface area contributed by atoms with Gasteiger partial charge in [-0.2, -0.15) is 0 Å². The molecule has 3 aliphatic heterocycles. The first-order valence-corrected chi connectivity index (χ1v) is 11.5. The average Bonchev–Trinajstić information content (AvgIpc) is 2.71. The van der Waals surface area contributed by atoms with Crippen molar-refractivity contribution in [1.29, 1.82) is 0 Å². The van der Waals surface area contributed by atoms with E-state index in [0.717, 1.165) is 37.3 Å². The van der Waals surface area contributed by atoms with Crippen LogP contribution in [0, 0.1) is 11.8 Å². The lowest BCUT2D eigenvalue weighted by atomic mass is 9.69. The highest BCUT2D eigenvalue weighted by atomic mass is 16.1. The van der Waals surface area contributed by atoms with E-state index in [-0.39, 0.29) is 5.91 Å². The predicted octanol–water partition coefficient (Wildman–Crippen LogP) is 3.32. The van der Waals surface area contributed by atoms with Crippen LogP contribution in [0.5, 0.6) is 0 Å². The van der Waals surface area contributed by atoms with Gasteiger partial charge in [0.15, 0.2) is 0 Å². The van der Waals surface area contributed by atoms with Gasteiger partial charge in [-0.3, -0.25) is 9.69 Å². The lowest BCUT2D eigenvalue weighted by Crippen LogP contribution is -2.63. The number of nitrogens with one attached hydrogen (secondary N) is 1. The molecule has 1 amide bonds. The molecule has 3 aliphatic rings. The molecule has 0 bridgehead atoms. The van der Waals surface area contributed by atoms with Crippen molar-refractivity contribution in [3.63, 3.8) is 0 Å². The summed E-state index contributed by atoms with van der Waals surface area (Å²) in [6.45, 7) is 4.63. The van der Waals surface area contributed by atoms with Gasteiger partial charge in [-0.25, -0.2) is 0 Å². The van der Waals surface area contributed by atoms with Gasteiger partial charge in [0.1, 0.15) is 0 Å². The summed E-state index contributed by atoms with van der Waals surface area (Å²) in [5.41, 5.74) is 1.29. The quantitative estimate of drug-likeness (QED) is 0.785. The summed E-state index contributed by atoms with van der Waals surface area (Å²) < 4.78 is 0. The van der Waals surface area contributed by atoms with Gasteiger partial charge >= 0.3 is 0 Å². The molecule has 1 N–H and O–H groups in total. The van der Waals surface area contributed by atoms with Crippen LogP contribution >= 0.6 is 0 Å². The molecule has 0 unspecified atom stereocenters. The molecule has 0 aromatic heterocycles. The third-order valence-electron chi connectivity index (χ3n) is 7.41. The fraction of sp³-hybridized carbons (Fsp3) is 0.708. The van der Waals surface area contributed by atoms with E-state index < -0.39 is 0 Å². The van der Waals surface area contributed by atoms with Gasteiger partial charge in [-0.05, 0) is 82.5 Å². The molecule has 1 aromatic carbocycles. The van der Waals surface area contributed by atoms with Crippen molar-refractivity contribution in [2.75, 3.05) is 33.2 Å². The molecule has 3 heterocycles. The predicted molar refractivity (Wildman–Crippen MR) is 114 cm³/mol. The zero-order valence-corrected chi connectivity index (χ0v) is 17.5. The van der Waals surface area contributed by atoms with Crippen molar-refractivity contribution in [3.05, 3.63) is 35.9 Å². The molecule has 4 rings (SSSR count). The first kappa shape index (κ1) is 19.9. The molecule has 0 saturated carbocycles. The van der Waals surface area contributed by atoms with Crippen LogP contribution in [0.25, 0.3) is 0 Å². The van der Waals surface area contributed by atoms with Gasteiger partial charge in [0.05, 0.1) is 0 Å². The highest BCUT2D eigenvalue weighted by Gasteiger charge is 2.47. The van der Waals surface area contributed by atoms with Crippen molar-refractivity contribution < 1.29 is 4.79 Å². The van der Waals surface area contributed by atoms with Crippen LogP contribution in [-0.2, 0) is 11.2 Å². The van der Waals surface area contributed by atoms with Gasteiger partial charge in [-0.15, -0.1) is 0 Å². The number of carbonyl (C=O) groups is 1. The Labute approximate surface area is 170 Å². The van der Waals surface area contributed by atoms with Gasteiger partial charge < -0.3 is 10.2 Å². The number of rotatable bonds is 7. The van der Waals surface area contributed by atoms with E-state index in [1.807, 2.05) is 6.07 Å². The maximum atomic E-state index is 12.3. The zero-order valence-electron chi connectivity index (χ0n) is 17.5. The van der Waals surface area contributed by atoms with E-state index in [1.54, 1.807) is 0 Å². The molecule has 3 saturated heterocycles. The molecule has 4 heteroatoms. The highest BCUT2D eigenvalue weighted by molar-refractivity contribution is 5.75. The number of amides is 1. The minimum atomic E-state index is 0.218. The van der Waals surface area contributed by atoms with Crippen LogP contribution in [0.1, 0.15) is 50.5 Å². The van der Waals surface area contributed by atoms with E-state index in [9.17, 15) is 4.79 Å². The average molecular weight is 384 g/mol. The maximum Gasteiger partial charge on any atom is 0.220 e. The summed E-state index contributed by atoms with van der Waals surface area (Å²) in [7, 11) is 2.33. The van der Waals surface area contributed by atoms with E-state index in [2.05, 4.69) is 46.4 Å². The molecule has 0 aliphatic carbocycles. The van der Waals surface area contributed by atoms with Crippen molar-refractivity contribution in [1.82, 2.24) is 15.1 Å². The molecule has 4 atom stereocenters. The van der Waals surface area contributed by atoms with Crippen LogP contribution in [0.2, 0.25) is 0 Å². The van der Waals surface area contributed by atoms with Crippen molar-refractivity contribution in [2.45, 2.75) is 63.5 Å². The fourth-order valence-corrected chi connectivity index (χ4v) is 6.19. The number of hydrogen-bond donors (Lipinski definition) is 1. The molecule has 4 nitrogen and oxygen atoms in total. The largest absolute Gasteiger partial charge is 0.356 e. The second kappa shape index (κ2) is 9.41. The third-order valence-corrected chi connectivity index (χ3v) is 7.41. The van der Waals surface area contributed by atoms with E-state index >= 15 is 0 Å². The fourth-order valence-electron chi connectivity index (χ4n) is 6.19. The summed E-state index contributed by atoms with van der Waals surface area (Å²) in [5.74, 6) is 1.91. The van der Waals surface area contributed by atoms with Crippen molar-refractivity contribution >= 4 is 5.91 Å². The van der Waals surface area contributed by atoms with Gasteiger partial charge in [0.25, 0.3) is 0 Å². The summed E-state index contributed by atoms with van der Waals surface area (Å²) in [6, 6.07) is 11.9. The number of hydrogen-bond acceptors (Lipinski definition) is 3. The smallest absolute Gasteiger partial charge is 0.220 e. The Balaban J connectivity index is 1.22. The number of nitrogens with zero attached hydrogens (tertiary/aromatic N) is 2. The Bertz CT molecular complexity index is 632. The van der Waals surface area contributed by atoms with Crippen LogP contribution in [0.4, 0.5) is 0 Å². The van der Waals surface area contributed by atoms with Gasteiger partial charge in [0, 0.05) is 31.6 Å². The molecule has 1 aromatic rings. The van der Waals surface area contributed by atoms with Crippen molar-refractivity contribution in [2.24, 2.45) is 11.8 Å². The molecule has 3 fully saturated rings. The molecule has 0 spiro atoms. The topological polar surface area (TPSA) is 35.6 Å². The van der Waals surface area contributed by atoms with Crippen LogP contribution in [0.15, 0.2) is 30.3 Å². The lowest BCUT2D eigenvalue weighted by Gasteiger charge is -2.57. The Hall–Kier alpha value is -1.39. The molecule has 0 radical (unpaired) electrons. The summed E-state index contributed by atoms with van der Waals surface area (Å²) >= 11 is 0. The monoisotopic (exact) mass is 383 g/mol. The minimum Gasteiger partial charge on any atom is -0.356 e. The normalized spacial score (nSPS) is 30.6. The van der Waals surface area contributed by atoms with E-state index in [4.69, 9.17) is 0 Å². The zero-order chi connectivity index (χ0) is 19.3. The summed E-state index contributed by atoms with van der Waals surface area (Å²) in [4.78, 5) is 17.7. The van der Waals surface area contributed by atoms with E-state index in [1.165, 1.54) is 57.3 Å². The van der Waals surface area contributed by atoms with E-state index in [0.29, 0.717) is 12.5 Å². The first-order valence-electron chi connectivity index (χ1n) is 11.5.